The summed E-state index contributed by atoms with van der Waals surface area (Å²) in [4.78, 5) is 12.4. The third-order valence-electron chi connectivity index (χ3n) is 3.83. The highest BCUT2D eigenvalue weighted by molar-refractivity contribution is 9.10. The molecule has 1 atom stereocenters. The van der Waals surface area contributed by atoms with E-state index in [2.05, 4.69) is 21.2 Å². The molecule has 2 aromatic rings. The highest BCUT2D eigenvalue weighted by Crippen LogP contribution is 2.49. The molecule has 7 heteroatoms. The molecular formula is C15H10BrNO5. The van der Waals surface area contributed by atoms with Crippen molar-refractivity contribution in [3.05, 3.63) is 45.9 Å². The molecule has 112 valence electrons. The van der Waals surface area contributed by atoms with E-state index in [-0.39, 0.29) is 18.1 Å². The third kappa shape index (κ3) is 1.60. The van der Waals surface area contributed by atoms with Crippen molar-refractivity contribution in [2.24, 2.45) is 0 Å². The van der Waals surface area contributed by atoms with Gasteiger partial charge < -0.3 is 25.0 Å². The molecule has 0 saturated carbocycles. The number of phenolic OH excluding ortho intramolecular Hbond substituents is 1. The van der Waals surface area contributed by atoms with E-state index in [4.69, 9.17) is 9.47 Å². The molecule has 0 saturated heterocycles. The molecule has 2 aliphatic heterocycles. The minimum absolute atomic E-state index is 0.0309. The number of nitrogens with one attached hydrogen (secondary N) is 1. The molecule has 0 aromatic heterocycles. The van der Waals surface area contributed by atoms with Gasteiger partial charge in [-0.15, -0.1) is 0 Å². The lowest BCUT2D eigenvalue weighted by Crippen LogP contribution is -2.35. The fourth-order valence-corrected chi connectivity index (χ4v) is 3.45. The monoisotopic (exact) mass is 363 g/mol. The third-order valence-corrected chi connectivity index (χ3v) is 4.49. The molecule has 3 N–H and O–H groups in total. The van der Waals surface area contributed by atoms with Crippen molar-refractivity contribution in [2.75, 3.05) is 12.1 Å². The van der Waals surface area contributed by atoms with Gasteiger partial charge in [0.1, 0.15) is 5.75 Å². The van der Waals surface area contributed by atoms with E-state index >= 15 is 0 Å². The van der Waals surface area contributed by atoms with Crippen LogP contribution in [0.3, 0.4) is 0 Å². The normalized spacial score (nSPS) is 21.6. The maximum Gasteiger partial charge on any atom is 0.266 e. The minimum Gasteiger partial charge on any atom is -0.507 e. The Hall–Kier alpha value is -2.25. The second-order valence-electron chi connectivity index (χ2n) is 5.05. The molecule has 2 aromatic carbocycles. The molecule has 1 unspecified atom stereocenters. The van der Waals surface area contributed by atoms with Crippen LogP contribution in [0.2, 0.25) is 0 Å². The number of hydrogen-bond acceptors (Lipinski definition) is 5. The number of anilines is 1. The summed E-state index contributed by atoms with van der Waals surface area (Å²) in [6.07, 6.45) is 0. The SMILES string of the molecule is O=C1Nc2cccc(Br)c2C1(O)c1cc2c(cc1O)OCO2. The van der Waals surface area contributed by atoms with Crippen LogP contribution in [0.25, 0.3) is 0 Å². The van der Waals surface area contributed by atoms with E-state index < -0.39 is 11.5 Å². The van der Waals surface area contributed by atoms with Crippen molar-refractivity contribution < 1.29 is 24.5 Å². The number of carbonyl (C=O) groups is 1. The van der Waals surface area contributed by atoms with Crippen LogP contribution in [-0.4, -0.2) is 22.9 Å². The van der Waals surface area contributed by atoms with Gasteiger partial charge in [-0.1, -0.05) is 22.0 Å². The van der Waals surface area contributed by atoms with Crippen molar-refractivity contribution >= 4 is 27.5 Å². The first-order valence-electron chi connectivity index (χ1n) is 6.47. The van der Waals surface area contributed by atoms with Gasteiger partial charge in [-0.25, -0.2) is 0 Å². The zero-order valence-corrected chi connectivity index (χ0v) is 12.7. The van der Waals surface area contributed by atoms with Crippen LogP contribution in [-0.2, 0) is 10.4 Å². The summed E-state index contributed by atoms with van der Waals surface area (Å²) in [6.45, 7) is 0.0309. The summed E-state index contributed by atoms with van der Waals surface area (Å²) < 4.78 is 11.0. The lowest BCUT2D eigenvalue weighted by Gasteiger charge is -2.23. The van der Waals surface area contributed by atoms with Gasteiger partial charge in [0.2, 0.25) is 12.4 Å². The van der Waals surface area contributed by atoms with Crippen molar-refractivity contribution in [1.82, 2.24) is 0 Å². The first kappa shape index (κ1) is 13.4. The Morgan fingerprint density at radius 2 is 1.95 bits per heavy atom. The van der Waals surface area contributed by atoms with Crippen molar-refractivity contribution in [1.29, 1.82) is 0 Å². The number of amides is 1. The van der Waals surface area contributed by atoms with Crippen LogP contribution in [0.1, 0.15) is 11.1 Å². The lowest BCUT2D eigenvalue weighted by atomic mass is 9.86. The number of aliphatic hydroxyl groups is 1. The molecule has 2 heterocycles. The quantitative estimate of drug-likeness (QED) is 0.721. The number of carbonyl (C=O) groups excluding carboxylic acids is 1. The number of fused-ring (bicyclic) bond motifs is 2. The Balaban J connectivity index is 1.99. The van der Waals surface area contributed by atoms with Gasteiger partial charge >= 0.3 is 0 Å². The van der Waals surface area contributed by atoms with Gasteiger partial charge in [-0.2, -0.15) is 0 Å². The van der Waals surface area contributed by atoms with E-state index in [0.717, 1.165) is 0 Å². The molecule has 0 spiro atoms. The fraction of sp³-hybridized carbons (Fsp3) is 0.133. The number of aromatic hydroxyl groups is 1. The number of benzene rings is 2. The summed E-state index contributed by atoms with van der Waals surface area (Å²) in [6, 6.07) is 7.89. The zero-order chi connectivity index (χ0) is 15.5. The van der Waals surface area contributed by atoms with Gasteiger partial charge in [0.05, 0.1) is 0 Å². The van der Waals surface area contributed by atoms with Crippen LogP contribution >= 0.6 is 15.9 Å². The van der Waals surface area contributed by atoms with E-state index in [1.807, 2.05) is 0 Å². The van der Waals surface area contributed by atoms with Crippen LogP contribution < -0.4 is 14.8 Å². The van der Waals surface area contributed by atoms with E-state index in [0.29, 0.717) is 27.2 Å². The maximum absolute atomic E-state index is 12.4. The molecule has 6 nitrogen and oxygen atoms in total. The highest BCUT2D eigenvalue weighted by atomic mass is 79.9. The fourth-order valence-electron chi connectivity index (χ4n) is 2.80. The van der Waals surface area contributed by atoms with Crippen LogP contribution in [0.5, 0.6) is 17.2 Å². The van der Waals surface area contributed by atoms with Crippen molar-refractivity contribution in [3.63, 3.8) is 0 Å². The molecule has 0 bridgehead atoms. The van der Waals surface area contributed by atoms with Crippen molar-refractivity contribution in [2.45, 2.75) is 5.60 Å². The number of halogens is 1. The largest absolute Gasteiger partial charge is 0.507 e. The molecule has 0 radical (unpaired) electrons. The molecule has 1 amide bonds. The number of ether oxygens (including phenoxy) is 2. The Bertz CT molecular complexity index is 822. The highest BCUT2D eigenvalue weighted by Gasteiger charge is 2.50. The molecule has 0 aliphatic carbocycles. The van der Waals surface area contributed by atoms with E-state index in [1.165, 1.54) is 12.1 Å². The number of hydrogen-bond donors (Lipinski definition) is 3. The Kier molecular flexibility index (Phi) is 2.67. The Morgan fingerprint density at radius 3 is 2.73 bits per heavy atom. The van der Waals surface area contributed by atoms with E-state index in [1.54, 1.807) is 18.2 Å². The van der Waals surface area contributed by atoms with Crippen LogP contribution in [0.15, 0.2) is 34.8 Å². The maximum atomic E-state index is 12.4. The first-order valence-corrected chi connectivity index (χ1v) is 7.27. The van der Waals surface area contributed by atoms with E-state index in [9.17, 15) is 15.0 Å². The summed E-state index contributed by atoms with van der Waals surface area (Å²) >= 11 is 3.34. The average Bonchev–Trinajstić information content (AvgIpc) is 3.02. The average molecular weight is 364 g/mol. The summed E-state index contributed by atoms with van der Waals surface area (Å²) in [5, 5.41) is 23.9. The predicted octanol–water partition coefficient (Wildman–Crippen LogP) is 2.07. The Morgan fingerprint density at radius 1 is 1.23 bits per heavy atom. The summed E-state index contributed by atoms with van der Waals surface area (Å²) in [5.41, 5.74) is -1.13. The second-order valence-corrected chi connectivity index (χ2v) is 5.90. The number of rotatable bonds is 1. The smallest absolute Gasteiger partial charge is 0.266 e. The minimum atomic E-state index is -2.01. The Labute approximate surface area is 133 Å². The van der Waals surface area contributed by atoms with Crippen LogP contribution in [0, 0.1) is 0 Å². The summed E-state index contributed by atoms with van der Waals surface area (Å²) in [5.74, 6) is -0.140. The predicted molar refractivity (Wildman–Crippen MR) is 80.0 cm³/mol. The standard InChI is InChI=1S/C15H10BrNO5/c16-8-2-1-3-9-13(8)15(20,14(19)17-9)7-4-11-12(5-10(7)18)22-6-21-11/h1-5,18,20H,6H2,(H,17,19). The topological polar surface area (TPSA) is 88.0 Å². The molecule has 2 aliphatic rings. The number of phenols is 1. The second kappa shape index (κ2) is 4.37. The van der Waals surface area contributed by atoms with Gasteiger partial charge in [-0.05, 0) is 18.2 Å². The molecule has 4 rings (SSSR count). The van der Waals surface area contributed by atoms with Crippen molar-refractivity contribution in [3.8, 4) is 17.2 Å². The van der Waals surface area contributed by atoms with Gasteiger partial charge in [-0.3, -0.25) is 4.79 Å². The molecule has 0 fully saturated rings. The first-order chi connectivity index (χ1) is 10.5. The molecule has 22 heavy (non-hydrogen) atoms. The molecular weight excluding hydrogens is 354 g/mol. The van der Waals surface area contributed by atoms with Gasteiger partial charge in [0.15, 0.2) is 11.5 Å². The summed E-state index contributed by atoms with van der Waals surface area (Å²) in [7, 11) is 0. The lowest BCUT2D eigenvalue weighted by molar-refractivity contribution is -0.129. The zero-order valence-electron chi connectivity index (χ0n) is 11.1. The van der Waals surface area contributed by atoms with Gasteiger partial charge in [0, 0.05) is 27.4 Å². The van der Waals surface area contributed by atoms with Gasteiger partial charge in [0.25, 0.3) is 5.91 Å². The van der Waals surface area contributed by atoms with Crippen LogP contribution in [0.4, 0.5) is 5.69 Å².